The molecule has 0 saturated heterocycles. The Kier molecular flexibility index (Phi) is 3.37. The summed E-state index contributed by atoms with van der Waals surface area (Å²) in [5, 5.41) is 0.367. The van der Waals surface area contributed by atoms with Crippen LogP contribution in [0, 0.1) is 0 Å². The summed E-state index contributed by atoms with van der Waals surface area (Å²) in [7, 11) is 0. The first kappa shape index (κ1) is 12.8. The minimum Gasteiger partial charge on any atom is -0.269 e. The van der Waals surface area contributed by atoms with E-state index >= 15 is 0 Å². The molecule has 0 aliphatic carbocycles. The van der Waals surface area contributed by atoms with Crippen molar-refractivity contribution in [2.24, 2.45) is 0 Å². The van der Waals surface area contributed by atoms with E-state index in [0.717, 1.165) is 11.3 Å². The molecule has 3 nitrogen and oxygen atoms in total. The van der Waals surface area contributed by atoms with Gasteiger partial charge in [0.05, 0.1) is 17.7 Å². The molecule has 1 aromatic rings. The lowest BCUT2D eigenvalue weighted by molar-refractivity contribution is 0.0671. The SMILES string of the molecule is O=C1c2ccccc2C(=O)N1CC1=CCC(CCl)S1. The number of benzene rings is 1. The monoisotopic (exact) mass is 293 g/mol. The fourth-order valence-corrected chi connectivity index (χ4v) is 3.70. The van der Waals surface area contributed by atoms with Crippen molar-refractivity contribution in [3.63, 3.8) is 0 Å². The number of carbonyl (C=O) groups excluding carboxylic acids is 2. The lowest BCUT2D eigenvalue weighted by Gasteiger charge is -2.14. The smallest absolute Gasteiger partial charge is 0.261 e. The number of alkyl halides is 1. The standard InChI is InChI=1S/C14H12ClNO2S/c15-7-9-5-6-10(19-9)8-16-13(17)11-3-1-2-4-12(11)14(16)18/h1-4,6,9H,5,7-8H2. The molecule has 0 spiro atoms. The molecular weight excluding hydrogens is 282 g/mol. The third kappa shape index (κ3) is 2.19. The largest absolute Gasteiger partial charge is 0.269 e. The molecule has 2 heterocycles. The summed E-state index contributed by atoms with van der Waals surface area (Å²) in [6.45, 7) is 0.365. The second-order valence-corrected chi connectivity index (χ2v) is 6.28. The van der Waals surface area contributed by atoms with Gasteiger partial charge in [0.25, 0.3) is 11.8 Å². The van der Waals surface area contributed by atoms with Gasteiger partial charge in [0, 0.05) is 16.0 Å². The molecular formula is C14H12ClNO2S. The van der Waals surface area contributed by atoms with Crippen molar-refractivity contribution < 1.29 is 9.59 Å². The lowest BCUT2D eigenvalue weighted by atomic mass is 10.1. The van der Waals surface area contributed by atoms with Crippen LogP contribution in [0.1, 0.15) is 27.1 Å². The van der Waals surface area contributed by atoms with Crippen LogP contribution >= 0.6 is 23.4 Å². The molecule has 0 saturated carbocycles. The highest BCUT2D eigenvalue weighted by Gasteiger charge is 2.36. The summed E-state index contributed by atoms with van der Waals surface area (Å²) >= 11 is 7.48. The van der Waals surface area contributed by atoms with Crippen molar-refractivity contribution in [3.05, 3.63) is 46.4 Å². The van der Waals surface area contributed by atoms with Crippen LogP contribution in [0.2, 0.25) is 0 Å². The Hall–Kier alpha value is -1.26. The zero-order chi connectivity index (χ0) is 13.4. The van der Waals surface area contributed by atoms with Crippen molar-refractivity contribution in [2.75, 3.05) is 12.4 Å². The van der Waals surface area contributed by atoms with Gasteiger partial charge in [-0.05, 0) is 18.6 Å². The van der Waals surface area contributed by atoms with Crippen LogP contribution in [0.3, 0.4) is 0 Å². The average molecular weight is 294 g/mol. The van der Waals surface area contributed by atoms with Crippen molar-refractivity contribution in [2.45, 2.75) is 11.7 Å². The normalized spacial score (nSPS) is 21.8. The molecule has 0 N–H and O–H groups in total. The number of carbonyl (C=O) groups is 2. The summed E-state index contributed by atoms with van der Waals surface area (Å²) in [4.78, 5) is 26.8. The summed E-state index contributed by atoms with van der Waals surface area (Å²) in [6, 6.07) is 6.96. The van der Waals surface area contributed by atoms with Crippen molar-refractivity contribution in [1.29, 1.82) is 0 Å². The van der Waals surface area contributed by atoms with Gasteiger partial charge in [-0.3, -0.25) is 14.5 Å². The van der Waals surface area contributed by atoms with E-state index in [1.54, 1.807) is 36.0 Å². The van der Waals surface area contributed by atoms with Gasteiger partial charge < -0.3 is 0 Å². The van der Waals surface area contributed by atoms with Gasteiger partial charge in [0.15, 0.2) is 0 Å². The van der Waals surface area contributed by atoms with E-state index in [9.17, 15) is 9.59 Å². The van der Waals surface area contributed by atoms with Gasteiger partial charge in [0.2, 0.25) is 0 Å². The van der Waals surface area contributed by atoms with Crippen LogP contribution in [0.15, 0.2) is 35.2 Å². The Balaban J connectivity index is 1.78. The molecule has 5 heteroatoms. The van der Waals surface area contributed by atoms with Crippen LogP contribution in [0.25, 0.3) is 0 Å². The van der Waals surface area contributed by atoms with E-state index in [4.69, 9.17) is 11.6 Å². The predicted octanol–water partition coefficient (Wildman–Crippen LogP) is 2.91. The van der Waals surface area contributed by atoms with Crippen LogP contribution in [0.4, 0.5) is 0 Å². The third-order valence-electron chi connectivity index (χ3n) is 3.29. The second-order valence-electron chi connectivity index (χ2n) is 4.54. The maximum absolute atomic E-state index is 12.2. The summed E-state index contributed by atoms with van der Waals surface area (Å²) in [5.74, 6) is 0.195. The third-order valence-corrected chi connectivity index (χ3v) is 5.14. The van der Waals surface area contributed by atoms with Crippen molar-refractivity contribution >= 4 is 35.2 Å². The number of halogens is 1. The van der Waals surface area contributed by atoms with Crippen LogP contribution in [-0.4, -0.2) is 34.4 Å². The quantitative estimate of drug-likeness (QED) is 0.635. The topological polar surface area (TPSA) is 37.4 Å². The number of hydrogen-bond acceptors (Lipinski definition) is 3. The van der Waals surface area contributed by atoms with E-state index in [1.807, 2.05) is 0 Å². The number of amides is 2. The maximum atomic E-state index is 12.2. The molecule has 1 aromatic carbocycles. The fraction of sp³-hybridized carbons (Fsp3) is 0.286. The Labute approximate surface area is 120 Å². The zero-order valence-electron chi connectivity index (χ0n) is 10.1. The molecule has 1 unspecified atom stereocenters. The fourth-order valence-electron chi connectivity index (χ4n) is 2.31. The van der Waals surface area contributed by atoms with E-state index in [0.29, 0.717) is 28.8 Å². The first-order valence-electron chi connectivity index (χ1n) is 6.07. The average Bonchev–Trinajstić information content (AvgIpc) is 2.99. The number of hydrogen-bond donors (Lipinski definition) is 0. The molecule has 2 amide bonds. The van der Waals surface area contributed by atoms with Crippen LogP contribution in [0.5, 0.6) is 0 Å². The molecule has 1 atom stereocenters. The molecule has 0 bridgehead atoms. The number of allylic oxidation sites excluding steroid dienone is 1. The van der Waals surface area contributed by atoms with Crippen molar-refractivity contribution in [3.8, 4) is 0 Å². The van der Waals surface area contributed by atoms with Crippen LogP contribution < -0.4 is 0 Å². The minimum absolute atomic E-state index is 0.198. The molecule has 98 valence electrons. The molecule has 2 aliphatic rings. The lowest BCUT2D eigenvalue weighted by Crippen LogP contribution is -2.31. The van der Waals surface area contributed by atoms with Gasteiger partial charge in [-0.1, -0.05) is 18.2 Å². The molecule has 3 rings (SSSR count). The molecule has 2 aliphatic heterocycles. The van der Waals surface area contributed by atoms with E-state index in [2.05, 4.69) is 6.08 Å². The number of imide groups is 1. The number of thioether (sulfide) groups is 1. The molecule has 0 radical (unpaired) electrons. The van der Waals surface area contributed by atoms with E-state index in [-0.39, 0.29) is 11.8 Å². The predicted molar refractivity (Wildman–Crippen MR) is 76.6 cm³/mol. The van der Waals surface area contributed by atoms with Gasteiger partial charge in [-0.2, -0.15) is 0 Å². The van der Waals surface area contributed by atoms with Crippen molar-refractivity contribution in [1.82, 2.24) is 4.90 Å². The van der Waals surface area contributed by atoms with Gasteiger partial charge in [-0.15, -0.1) is 23.4 Å². The van der Waals surface area contributed by atoms with Gasteiger partial charge in [0.1, 0.15) is 0 Å². The van der Waals surface area contributed by atoms with Gasteiger partial charge in [-0.25, -0.2) is 0 Å². The Bertz CT molecular complexity index is 550. The summed E-state index contributed by atoms with van der Waals surface area (Å²) in [5.41, 5.74) is 1.01. The van der Waals surface area contributed by atoms with Gasteiger partial charge >= 0.3 is 0 Å². The number of fused-ring (bicyclic) bond motifs is 1. The molecule has 19 heavy (non-hydrogen) atoms. The highest BCUT2D eigenvalue weighted by atomic mass is 35.5. The first-order chi connectivity index (χ1) is 9.20. The number of rotatable bonds is 3. The highest BCUT2D eigenvalue weighted by Crippen LogP contribution is 2.35. The number of nitrogens with zero attached hydrogens (tertiary/aromatic N) is 1. The van der Waals surface area contributed by atoms with E-state index in [1.165, 1.54) is 4.90 Å². The highest BCUT2D eigenvalue weighted by molar-refractivity contribution is 8.04. The molecule has 0 fully saturated rings. The Morgan fingerprint density at radius 3 is 2.37 bits per heavy atom. The van der Waals surface area contributed by atoms with Crippen LogP contribution in [-0.2, 0) is 0 Å². The van der Waals surface area contributed by atoms with E-state index < -0.39 is 0 Å². The summed E-state index contributed by atoms with van der Waals surface area (Å²) < 4.78 is 0. The Morgan fingerprint density at radius 2 is 1.84 bits per heavy atom. The zero-order valence-corrected chi connectivity index (χ0v) is 11.7. The minimum atomic E-state index is -0.198. The Morgan fingerprint density at radius 1 is 1.21 bits per heavy atom. The summed E-state index contributed by atoms with van der Waals surface area (Å²) in [6.07, 6.45) is 2.98. The maximum Gasteiger partial charge on any atom is 0.261 e. The molecule has 0 aromatic heterocycles. The first-order valence-corrected chi connectivity index (χ1v) is 7.49. The second kappa shape index (κ2) is 5.02.